The highest BCUT2D eigenvalue weighted by atomic mass is 32.1. The maximum Gasteiger partial charge on any atom is 0.146 e. The normalized spacial score (nSPS) is 15.2. The van der Waals surface area contributed by atoms with Gasteiger partial charge in [-0.15, -0.1) is 11.3 Å². The number of imidazole rings is 1. The van der Waals surface area contributed by atoms with Crippen LogP contribution in [0.1, 0.15) is 23.3 Å². The number of aryl methyl sites for hydroxylation is 1. The number of rotatable bonds is 7. The number of anilines is 1. The molecule has 7 nitrogen and oxygen atoms in total. The zero-order valence-corrected chi connectivity index (χ0v) is 21.0. The Morgan fingerprint density at radius 1 is 1.00 bits per heavy atom. The van der Waals surface area contributed by atoms with Gasteiger partial charge in [0.2, 0.25) is 0 Å². The molecule has 0 bridgehead atoms. The Balaban J connectivity index is 1.48. The first-order valence-electron chi connectivity index (χ1n) is 12.2. The Morgan fingerprint density at radius 3 is 2.47 bits per heavy atom. The average Bonchev–Trinajstić information content (AvgIpc) is 3.55. The summed E-state index contributed by atoms with van der Waals surface area (Å²) in [5.41, 5.74) is 3.43. The highest BCUT2D eigenvalue weighted by molar-refractivity contribution is 7.17. The molecule has 1 saturated heterocycles. The van der Waals surface area contributed by atoms with Gasteiger partial charge in [-0.1, -0.05) is 60.7 Å². The zero-order valence-electron chi connectivity index (χ0n) is 20.2. The molecule has 2 aromatic carbocycles. The van der Waals surface area contributed by atoms with Gasteiger partial charge in [0, 0.05) is 43.5 Å². The summed E-state index contributed by atoms with van der Waals surface area (Å²) < 4.78 is 7.59. The van der Waals surface area contributed by atoms with Gasteiger partial charge in [-0.3, -0.25) is 4.90 Å². The minimum Gasteiger partial charge on any atom is -0.379 e. The Kier molecular flexibility index (Phi) is 6.46. The molecule has 0 radical (unpaired) electrons. The predicted octanol–water partition coefficient (Wildman–Crippen LogP) is 5.13. The molecule has 4 heterocycles. The van der Waals surface area contributed by atoms with E-state index in [-0.39, 0.29) is 6.04 Å². The van der Waals surface area contributed by atoms with Crippen LogP contribution in [0.5, 0.6) is 0 Å². The number of hydrogen-bond donors (Lipinski definition) is 1. The van der Waals surface area contributed by atoms with Crippen LogP contribution in [-0.2, 0) is 18.3 Å². The van der Waals surface area contributed by atoms with Crippen molar-refractivity contribution in [2.75, 3.05) is 31.6 Å². The van der Waals surface area contributed by atoms with E-state index in [1.165, 1.54) is 0 Å². The number of benzene rings is 2. The van der Waals surface area contributed by atoms with Gasteiger partial charge in [-0.25, -0.2) is 15.0 Å². The maximum absolute atomic E-state index is 5.54. The number of morpholine rings is 1. The lowest BCUT2D eigenvalue weighted by Gasteiger charge is -2.26. The van der Waals surface area contributed by atoms with Crippen molar-refractivity contribution in [3.05, 3.63) is 95.6 Å². The summed E-state index contributed by atoms with van der Waals surface area (Å²) in [5.74, 6) is 2.58. The molecule has 3 aromatic heterocycles. The molecule has 1 fully saturated rings. The van der Waals surface area contributed by atoms with Crippen molar-refractivity contribution in [3.63, 3.8) is 0 Å². The van der Waals surface area contributed by atoms with Gasteiger partial charge in [0.1, 0.15) is 28.3 Å². The van der Waals surface area contributed by atoms with Crippen molar-refractivity contribution in [1.29, 1.82) is 0 Å². The minimum absolute atomic E-state index is 0.163. The van der Waals surface area contributed by atoms with E-state index in [1.54, 1.807) is 11.3 Å². The van der Waals surface area contributed by atoms with Gasteiger partial charge >= 0.3 is 0 Å². The molecule has 6 rings (SSSR count). The van der Waals surface area contributed by atoms with Crippen LogP contribution in [0.2, 0.25) is 0 Å². The Morgan fingerprint density at radius 2 is 1.75 bits per heavy atom. The molecule has 8 heteroatoms. The topological polar surface area (TPSA) is 68.1 Å². The molecule has 1 atom stereocenters. The monoisotopic (exact) mass is 496 g/mol. The van der Waals surface area contributed by atoms with Crippen molar-refractivity contribution in [2.45, 2.75) is 12.6 Å². The van der Waals surface area contributed by atoms with Crippen LogP contribution in [0.25, 0.3) is 21.3 Å². The van der Waals surface area contributed by atoms with E-state index in [2.05, 4.69) is 68.7 Å². The molecular weight excluding hydrogens is 468 g/mol. The van der Waals surface area contributed by atoms with Crippen molar-refractivity contribution in [3.8, 4) is 11.1 Å². The third kappa shape index (κ3) is 4.63. The SMILES string of the molecule is Cn1ccnc1C(Nc1nc(CN2CCOCC2)nc2scc(-c3ccccc3)c12)c1ccccc1. The summed E-state index contributed by atoms with van der Waals surface area (Å²) in [6, 6.07) is 20.7. The maximum atomic E-state index is 5.54. The lowest BCUT2D eigenvalue weighted by Crippen LogP contribution is -2.36. The van der Waals surface area contributed by atoms with E-state index in [0.717, 1.165) is 70.7 Å². The summed E-state index contributed by atoms with van der Waals surface area (Å²) in [7, 11) is 2.03. The summed E-state index contributed by atoms with van der Waals surface area (Å²) in [6.45, 7) is 3.98. The van der Waals surface area contributed by atoms with Crippen LogP contribution < -0.4 is 5.32 Å². The largest absolute Gasteiger partial charge is 0.379 e. The van der Waals surface area contributed by atoms with E-state index in [4.69, 9.17) is 19.7 Å². The molecule has 1 N–H and O–H groups in total. The van der Waals surface area contributed by atoms with Crippen LogP contribution in [0, 0.1) is 0 Å². The second kappa shape index (κ2) is 10.2. The van der Waals surface area contributed by atoms with E-state index >= 15 is 0 Å². The number of nitrogens with zero attached hydrogens (tertiary/aromatic N) is 5. The Labute approximate surface area is 214 Å². The third-order valence-corrected chi connectivity index (χ3v) is 7.44. The molecular formula is C28H28N6OS. The van der Waals surface area contributed by atoms with Gasteiger partial charge in [-0.05, 0) is 11.1 Å². The third-order valence-electron chi connectivity index (χ3n) is 6.56. The average molecular weight is 497 g/mol. The standard InChI is InChI=1S/C28H28N6OS/c1-33-13-12-29-27(33)25(21-10-6-3-7-11-21)32-26-24-22(20-8-4-2-5-9-20)19-36-28(24)31-23(30-26)18-34-14-16-35-17-15-34/h2-13,19,25H,14-18H2,1H3,(H,30,31,32). The van der Waals surface area contributed by atoms with Gasteiger partial charge in [0.15, 0.2) is 0 Å². The van der Waals surface area contributed by atoms with E-state index in [9.17, 15) is 0 Å². The van der Waals surface area contributed by atoms with Gasteiger partial charge in [-0.2, -0.15) is 0 Å². The van der Waals surface area contributed by atoms with E-state index in [0.29, 0.717) is 6.54 Å². The first-order chi connectivity index (χ1) is 17.8. The summed E-state index contributed by atoms with van der Waals surface area (Å²) in [4.78, 5) is 18.2. The fraction of sp³-hybridized carbons (Fsp3) is 0.250. The number of thiophene rings is 1. The van der Waals surface area contributed by atoms with Gasteiger partial charge in [0.05, 0.1) is 25.1 Å². The van der Waals surface area contributed by atoms with Crippen LogP contribution in [0.3, 0.4) is 0 Å². The molecule has 1 aliphatic rings. The number of nitrogens with one attached hydrogen (secondary N) is 1. The molecule has 0 aliphatic carbocycles. The van der Waals surface area contributed by atoms with Crippen molar-refractivity contribution in [2.24, 2.45) is 7.05 Å². The van der Waals surface area contributed by atoms with Gasteiger partial charge in [0.25, 0.3) is 0 Å². The second-order valence-electron chi connectivity index (χ2n) is 8.96. The lowest BCUT2D eigenvalue weighted by molar-refractivity contribution is 0.0331. The first-order valence-corrected chi connectivity index (χ1v) is 13.1. The molecule has 1 unspecified atom stereocenters. The summed E-state index contributed by atoms with van der Waals surface area (Å²) >= 11 is 1.67. The first kappa shape index (κ1) is 22.8. The number of ether oxygens (including phenoxy) is 1. The van der Waals surface area contributed by atoms with E-state index < -0.39 is 0 Å². The van der Waals surface area contributed by atoms with Crippen LogP contribution >= 0.6 is 11.3 Å². The molecule has 182 valence electrons. The van der Waals surface area contributed by atoms with Crippen molar-refractivity contribution in [1.82, 2.24) is 24.4 Å². The number of aromatic nitrogens is 4. The van der Waals surface area contributed by atoms with Crippen molar-refractivity contribution < 1.29 is 4.74 Å². The second-order valence-corrected chi connectivity index (χ2v) is 9.81. The van der Waals surface area contributed by atoms with Crippen LogP contribution in [0.15, 0.2) is 78.4 Å². The summed E-state index contributed by atoms with van der Waals surface area (Å²) in [5, 5.41) is 7.02. The van der Waals surface area contributed by atoms with Gasteiger partial charge < -0.3 is 14.6 Å². The highest BCUT2D eigenvalue weighted by Crippen LogP contribution is 2.39. The zero-order chi connectivity index (χ0) is 24.3. The molecule has 1 aliphatic heterocycles. The number of hydrogen-bond acceptors (Lipinski definition) is 7. The highest BCUT2D eigenvalue weighted by Gasteiger charge is 2.23. The minimum atomic E-state index is -0.163. The molecule has 0 saturated carbocycles. The van der Waals surface area contributed by atoms with Crippen LogP contribution in [0.4, 0.5) is 5.82 Å². The summed E-state index contributed by atoms with van der Waals surface area (Å²) in [6.07, 6.45) is 3.82. The molecule has 0 spiro atoms. The predicted molar refractivity (Wildman–Crippen MR) is 144 cm³/mol. The van der Waals surface area contributed by atoms with Crippen LogP contribution in [-0.4, -0.2) is 50.7 Å². The number of fused-ring (bicyclic) bond motifs is 1. The quantitative estimate of drug-likeness (QED) is 0.337. The molecule has 0 amide bonds. The molecule has 5 aromatic rings. The van der Waals surface area contributed by atoms with Crippen molar-refractivity contribution >= 4 is 27.4 Å². The Hall–Kier alpha value is -3.59. The molecule has 36 heavy (non-hydrogen) atoms. The fourth-order valence-electron chi connectivity index (χ4n) is 4.69. The van der Waals surface area contributed by atoms with E-state index in [1.807, 2.05) is 31.6 Å². The smallest absolute Gasteiger partial charge is 0.146 e. The lowest BCUT2D eigenvalue weighted by atomic mass is 10.0. The fourth-order valence-corrected chi connectivity index (χ4v) is 5.65. The Bertz CT molecular complexity index is 1440.